The third-order valence-electron chi connectivity index (χ3n) is 3.51. The minimum Gasteiger partial charge on any atom is -0.508 e. The zero-order valence-electron chi connectivity index (χ0n) is 10.3. The lowest BCUT2D eigenvalue weighted by molar-refractivity contribution is 0.374. The van der Waals surface area contributed by atoms with E-state index in [1.54, 1.807) is 12.1 Å². The van der Waals surface area contributed by atoms with Crippen molar-refractivity contribution < 1.29 is 9.63 Å². The minimum absolute atomic E-state index is 0.271. The van der Waals surface area contributed by atoms with Crippen LogP contribution in [-0.2, 0) is 6.42 Å². The SMILES string of the molecule is CC(c1noc(Cc2ccc(O)cc2)n1)C1CC1. The van der Waals surface area contributed by atoms with Crippen molar-refractivity contribution in [1.29, 1.82) is 0 Å². The summed E-state index contributed by atoms with van der Waals surface area (Å²) in [5.41, 5.74) is 1.06. The van der Waals surface area contributed by atoms with Gasteiger partial charge in [-0.3, -0.25) is 0 Å². The monoisotopic (exact) mass is 244 g/mol. The van der Waals surface area contributed by atoms with E-state index in [0.717, 1.165) is 17.3 Å². The van der Waals surface area contributed by atoms with Crippen molar-refractivity contribution in [2.24, 2.45) is 5.92 Å². The molecule has 0 saturated heterocycles. The second-order valence-corrected chi connectivity index (χ2v) is 5.02. The summed E-state index contributed by atoms with van der Waals surface area (Å²) in [5, 5.41) is 13.3. The quantitative estimate of drug-likeness (QED) is 0.898. The van der Waals surface area contributed by atoms with Gasteiger partial charge in [-0.05, 0) is 36.5 Å². The lowest BCUT2D eigenvalue weighted by atomic mass is 10.1. The van der Waals surface area contributed by atoms with Gasteiger partial charge in [-0.25, -0.2) is 0 Å². The molecule has 18 heavy (non-hydrogen) atoms. The van der Waals surface area contributed by atoms with Gasteiger partial charge in [0.1, 0.15) is 5.75 Å². The van der Waals surface area contributed by atoms with Crippen LogP contribution in [0, 0.1) is 5.92 Å². The summed E-state index contributed by atoms with van der Waals surface area (Å²) in [5.74, 6) is 2.88. The molecule has 1 aliphatic carbocycles. The van der Waals surface area contributed by atoms with Crippen LogP contribution in [0.2, 0.25) is 0 Å². The molecule has 4 nitrogen and oxygen atoms in total. The van der Waals surface area contributed by atoms with Crippen molar-refractivity contribution in [2.75, 3.05) is 0 Å². The van der Waals surface area contributed by atoms with Crippen LogP contribution in [0.25, 0.3) is 0 Å². The van der Waals surface area contributed by atoms with E-state index in [-0.39, 0.29) is 5.75 Å². The van der Waals surface area contributed by atoms with Crippen LogP contribution in [0.4, 0.5) is 0 Å². The number of phenols is 1. The Morgan fingerprint density at radius 3 is 2.72 bits per heavy atom. The summed E-state index contributed by atoms with van der Waals surface area (Å²) in [6, 6.07) is 7.06. The molecule has 0 radical (unpaired) electrons. The summed E-state index contributed by atoms with van der Waals surface area (Å²) in [6.07, 6.45) is 3.18. The fourth-order valence-corrected chi connectivity index (χ4v) is 2.12. The van der Waals surface area contributed by atoms with Crippen molar-refractivity contribution in [3.8, 4) is 5.75 Å². The fraction of sp³-hybridized carbons (Fsp3) is 0.429. The Balaban J connectivity index is 1.71. The van der Waals surface area contributed by atoms with Crippen LogP contribution in [0.15, 0.2) is 28.8 Å². The molecule has 0 spiro atoms. The van der Waals surface area contributed by atoms with Crippen molar-refractivity contribution in [2.45, 2.75) is 32.1 Å². The van der Waals surface area contributed by atoms with Crippen molar-refractivity contribution in [3.63, 3.8) is 0 Å². The van der Waals surface area contributed by atoms with Crippen LogP contribution in [0.1, 0.15) is 43.0 Å². The normalized spacial score (nSPS) is 16.7. The number of hydrogen-bond donors (Lipinski definition) is 1. The van der Waals surface area contributed by atoms with E-state index in [2.05, 4.69) is 17.1 Å². The highest BCUT2D eigenvalue weighted by Crippen LogP contribution is 2.41. The smallest absolute Gasteiger partial charge is 0.231 e. The summed E-state index contributed by atoms with van der Waals surface area (Å²) in [7, 11) is 0. The van der Waals surface area contributed by atoms with Crippen molar-refractivity contribution in [1.82, 2.24) is 10.1 Å². The Kier molecular flexibility index (Phi) is 2.78. The van der Waals surface area contributed by atoms with Crippen LogP contribution >= 0.6 is 0 Å². The molecule has 1 fully saturated rings. The van der Waals surface area contributed by atoms with Gasteiger partial charge in [0.15, 0.2) is 5.82 Å². The molecule has 0 bridgehead atoms. The average molecular weight is 244 g/mol. The van der Waals surface area contributed by atoms with Gasteiger partial charge in [0.2, 0.25) is 5.89 Å². The second kappa shape index (κ2) is 4.44. The first-order valence-electron chi connectivity index (χ1n) is 6.33. The highest BCUT2D eigenvalue weighted by molar-refractivity contribution is 5.27. The molecule has 1 atom stereocenters. The van der Waals surface area contributed by atoms with E-state index in [0.29, 0.717) is 18.2 Å². The van der Waals surface area contributed by atoms with Crippen LogP contribution < -0.4 is 0 Å². The largest absolute Gasteiger partial charge is 0.508 e. The van der Waals surface area contributed by atoms with E-state index < -0.39 is 0 Å². The Morgan fingerprint density at radius 1 is 1.33 bits per heavy atom. The first kappa shape index (κ1) is 11.3. The van der Waals surface area contributed by atoms with Gasteiger partial charge in [0, 0.05) is 5.92 Å². The maximum atomic E-state index is 9.22. The summed E-state index contributed by atoms with van der Waals surface area (Å²) >= 11 is 0. The zero-order valence-corrected chi connectivity index (χ0v) is 10.3. The predicted octanol–water partition coefficient (Wildman–Crippen LogP) is 2.88. The van der Waals surface area contributed by atoms with Gasteiger partial charge in [-0.15, -0.1) is 0 Å². The van der Waals surface area contributed by atoms with Gasteiger partial charge >= 0.3 is 0 Å². The lowest BCUT2D eigenvalue weighted by Crippen LogP contribution is -1.98. The van der Waals surface area contributed by atoms with E-state index >= 15 is 0 Å². The topological polar surface area (TPSA) is 59.2 Å². The standard InChI is InChI=1S/C14H16N2O2/c1-9(11-4-5-11)14-15-13(18-16-14)8-10-2-6-12(17)7-3-10/h2-3,6-7,9,11,17H,4-5,8H2,1H3. The number of rotatable bonds is 4. The molecule has 1 N–H and O–H groups in total. The summed E-state index contributed by atoms with van der Waals surface area (Å²) in [4.78, 5) is 4.45. The van der Waals surface area contributed by atoms with Crippen LogP contribution in [0.5, 0.6) is 5.75 Å². The molecule has 1 aliphatic rings. The molecular weight excluding hydrogens is 228 g/mol. The van der Waals surface area contributed by atoms with Crippen LogP contribution in [-0.4, -0.2) is 15.2 Å². The third kappa shape index (κ3) is 2.37. The van der Waals surface area contributed by atoms with E-state index in [4.69, 9.17) is 4.52 Å². The number of benzene rings is 1. The number of nitrogens with zero attached hydrogens (tertiary/aromatic N) is 2. The third-order valence-corrected chi connectivity index (χ3v) is 3.51. The molecule has 4 heteroatoms. The number of aromatic hydroxyl groups is 1. The number of aromatic nitrogens is 2. The van der Waals surface area contributed by atoms with Gasteiger partial charge in [0.25, 0.3) is 0 Å². The van der Waals surface area contributed by atoms with Crippen molar-refractivity contribution >= 4 is 0 Å². The van der Waals surface area contributed by atoms with Gasteiger partial charge in [-0.1, -0.05) is 24.2 Å². The fourth-order valence-electron chi connectivity index (χ4n) is 2.12. The molecule has 2 aromatic rings. The minimum atomic E-state index is 0.271. The summed E-state index contributed by atoms with van der Waals surface area (Å²) in [6.45, 7) is 2.16. The number of hydrogen-bond acceptors (Lipinski definition) is 4. The molecular formula is C14H16N2O2. The first-order valence-corrected chi connectivity index (χ1v) is 6.33. The van der Waals surface area contributed by atoms with E-state index in [1.165, 1.54) is 12.8 Å². The molecule has 0 amide bonds. The summed E-state index contributed by atoms with van der Waals surface area (Å²) < 4.78 is 5.27. The highest BCUT2D eigenvalue weighted by Gasteiger charge is 2.31. The van der Waals surface area contributed by atoms with Gasteiger partial charge in [-0.2, -0.15) is 4.98 Å². The Morgan fingerprint density at radius 2 is 2.06 bits per heavy atom. The first-order chi connectivity index (χ1) is 8.72. The Hall–Kier alpha value is -1.84. The number of phenolic OH excluding ortho intramolecular Hbond substituents is 1. The molecule has 1 aromatic heterocycles. The van der Waals surface area contributed by atoms with Crippen LogP contribution in [0.3, 0.4) is 0 Å². The maximum Gasteiger partial charge on any atom is 0.231 e. The highest BCUT2D eigenvalue weighted by atomic mass is 16.5. The van der Waals surface area contributed by atoms with Crippen molar-refractivity contribution in [3.05, 3.63) is 41.5 Å². The average Bonchev–Trinajstić information content (AvgIpc) is 3.12. The Bertz CT molecular complexity index is 529. The lowest BCUT2D eigenvalue weighted by Gasteiger charge is -2.01. The molecule has 3 rings (SSSR count). The zero-order chi connectivity index (χ0) is 12.5. The molecule has 1 aromatic carbocycles. The molecule has 1 unspecified atom stereocenters. The molecule has 0 aliphatic heterocycles. The molecule has 1 saturated carbocycles. The predicted molar refractivity (Wildman–Crippen MR) is 66.3 cm³/mol. The van der Waals surface area contributed by atoms with Gasteiger partial charge < -0.3 is 9.63 Å². The molecule has 94 valence electrons. The van der Waals surface area contributed by atoms with E-state index in [9.17, 15) is 5.11 Å². The Labute approximate surface area is 106 Å². The van der Waals surface area contributed by atoms with E-state index in [1.807, 2.05) is 12.1 Å². The maximum absolute atomic E-state index is 9.22. The van der Waals surface area contributed by atoms with Gasteiger partial charge in [0.05, 0.1) is 6.42 Å². The second-order valence-electron chi connectivity index (χ2n) is 5.02. The molecule has 1 heterocycles.